The molecule has 28 heavy (non-hydrogen) atoms. The van der Waals surface area contributed by atoms with Gasteiger partial charge in [-0.1, -0.05) is 135 Å². The highest BCUT2D eigenvalue weighted by Crippen LogP contribution is 2.20. The van der Waals surface area contributed by atoms with Crippen LogP contribution in [0.1, 0.15) is 11.1 Å². The summed E-state index contributed by atoms with van der Waals surface area (Å²) in [5.74, 6) is 0. The maximum Gasteiger partial charge on any atom is -0.0184 e. The lowest BCUT2D eigenvalue weighted by Gasteiger charge is -2.01. The summed E-state index contributed by atoms with van der Waals surface area (Å²) >= 11 is 0. The molecule has 0 radical (unpaired) electrons. The smallest absolute Gasteiger partial charge is 0.0184 e. The Morgan fingerprint density at radius 3 is 0.929 bits per heavy atom. The van der Waals surface area contributed by atoms with E-state index in [2.05, 4.69) is 110 Å². The van der Waals surface area contributed by atoms with Gasteiger partial charge in [0.1, 0.15) is 0 Å². The van der Waals surface area contributed by atoms with Crippen molar-refractivity contribution in [1.82, 2.24) is 0 Å². The number of hydrogen-bond acceptors (Lipinski definition) is 0. The third kappa shape index (κ3) is 5.18. The van der Waals surface area contributed by atoms with E-state index < -0.39 is 0 Å². The van der Waals surface area contributed by atoms with Gasteiger partial charge in [-0.15, -0.1) is 0 Å². The second-order valence-electron chi connectivity index (χ2n) is 6.38. The van der Waals surface area contributed by atoms with Crippen molar-refractivity contribution in [1.29, 1.82) is 0 Å². The van der Waals surface area contributed by atoms with Crippen LogP contribution < -0.4 is 0 Å². The van der Waals surface area contributed by atoms with Crippen molar-refractivity contribution in [3.8, 4) is 22.3 Å². The zero-order chi connectivity index (χ0) is 19.6. The molecule has 4 rings (SSSR count). The Balaban J connectivity index is 0.000000161. The van der Waals surface area contributed by atoms with Crippen molar-refractivity contribution in [3.63, 3.8) is 0 Å². The van der Waals surface area contributed by atoms with Crippen LogP contribution >= 0.6 is 0 Å². The minimum Gasteiger partial charge on any atom is -0.0985 e. The maximum atomic E-state index is 3.73. The van der Waals surface area contributed by atoms with Crippen molar-refractivity contribution in [3.05, 3.63) is 133 Å². The van der Waals surface area contributed by atoms with Crippen LogP contribution in [0, 0.1) is 0 Å². The molecule has 0 nitrogen and oxygen atoms in total. The van der Waals surface area contributed by atoms with E-state index in [1.165, 1.54) is 22.3 Å². The predicted octanol–water partition coefficient (Wildman–Crippen LogP) is 7.99. The first-order valence-corrected chi connectivity index (χ1v) is 9.36. The Labute approximate surface area is 168 Å². The predicted molar refractivity (Wildman–Crippen MR) is 124 cm³/mol. The van der Waals surface area contributed by atoms with Crippen molar-refractivity contribution < 1.29 is 0 Å². The molecule has 0 fully saturated rings. The fraction of sp³-hybridized carbons (Fsp3) is 0. The molecule has 0 aliphatic heterocycles. The second kappa shape index (κ2) is 9.89. The SMILES string of the molecule is C=Cc1ccc(-c2ccccc2)cc1.C=Cc1ccc(-c2ccccc2)cc1. The number of rotatable bonds is 4. The Kier molecular flexibility index (Phi) is 6.76. The summed E-state index contributed by atoms with van der Waals surface area (Å²) in [6.07, 6.45) is 3.71. The standard InChI is InChI=1S/2C14H12/c2*1-2-12-8-10-14(11-9-12)13-6-4-3-5-7-13/h2*2-11H,1H2. The normalized spacial score (nSPS) is 9.71. The van der Waals surface area contributed by atoms with Crippen LogP contribution in [0.5, 0.6) is 0 Å². The molecule has 0 heteroatoms. The highest BCUT2D eigenvalue weighted by atomic mass is 14.0. The topological polar surface area (TPSA) is 0 Å². The molecule has 0 saturated carbocycles. The lowest BCUT2D eigenvalue weighted by molar-refractivity contribution is 1.60. The van der Waals surface area contributed by atoms with Gasteiger partial charge in [0.2, 0.25) is 0 Å². The summed E-state index contributed by atoms with van der Waals surface area (Å²) < 4.78 is 0. The molecular weight excluding hydrogens is 336 g/mol. The van der Waals surface area contributed by atoms with Crippen LogP contribution in [0.2, 0.25) is 0 Å². The minimum absolute atomic E-state index is 1.16. The average molecular weight is 361 g/mol. The fourth-order valence-corrected chi connectivity index (χ4v) is 2.88. The number of benzene rings is 4. The molecule has 0 aromatic heterocycles. The molecule has 0 aliphatic carbocycles. The first-order valence-electron chi connectivity index (χ1n) is 9.36. The van der Waals surface area contributed by atoms with Crippen LogP contribution in [-0.4, -0.2) is 0 Å². The third-order valence-electron chi connectivity index (χ3n) is 4.51. The second-order valence-corrected chi connectivity index (χ2v) is 6.38. The van der Waals surface area contributed by atoms with Crippen molar-refractivity contribution in [2.75, 3.05) is 0 Å². The summed E-state index contributed by atoms with van der Waals surface area (Å²) in [5.41, 5.74) is 7.31. The van der Waals surface area contributed by atoms with Crippen LogP contribution in [0.4, 0.5) is 0 Å². The largest absolute Gasteiger partial charge is 0.0985 e. The fourth-order valence-electron chi connectivity index (χ4n) is 2.88. The van der Waals surface area contributed by atoms with Crippen LogP contribution in [0.25, 0.3) is 34.4 Å². The third-order valence-corrected chi connectivity index (χ3v) is 4.51. The van der Waals surface area contributed by atoms with E-state index in [-0.39, 0.29) is 0 Å². The highest BCUT2D eigenvalue weighted by Gasteiger charge is 1.95. The van der Waals surface area contributed by atoms with Crippen LogP contribution in [0.15, 0.2) is 122 Å². The maximum absolute atomic E-state index is 3.73. The quantitative estimate of drug-likeness (QED) is 0.346. The van der Waals surface area contributed by atoms with E-state index >= 15 is 0 Å². The summed E-state index contributed by atoms with van der Waals surface area (Å²) in [7, 11) is 0. The van der Waals surface area contributed by atoms with Gasteiger partial charge in [0.25, 0.3) is 0 Å². The first-order chi connectivity index (χ1) is 13.8. The van der Waals surface area contributed by atoms with E-state index in [0.29, 0.717) is 0 Å². The van der Waals surface area contributed by atoms with Gasteiger partial charge in [-0.2, -0.15) is 0 Å². The van der Waals surface area contributed by atoms with E-state index in [0.717, 1.165) is 11.1 Å². The van der Waals surface area contributed by atoms with E-state index in [9.17, 15) is 0 Å². The Morgan fingerprint density at radius 1 is 0.357 bits per heavy atom. The average Bonchev–Trinajstić information content (AvgIpc) is 2.81. The zero-order valence-corrected chi connectivity index (χ0v) is 16.0. The van der Waals surface area contributed by atoms with Crippen molar-refractivity contribution in [2.24, 2.45) is 0 Å². The number of hydrogen-bond donors (Lipinski definition) is 0. The molecule has 136 valence electrons. The molecule has 0 spiro atoms. The molecule has 0 N–H and O–H groups in total. The van der Waals surface area contributed by atoms with Gasteiger partial charge in [-0.05, 0) is 33.4 Å². The van der Waals surface area contributed by atoms with Crippen LogP contribution in [0.3, 0.4) is 0 Å². The zero-order valence-electron chi connectivity index (χ0n) is 16.0. The molecule has 0 saturated heterocycles. The monoisotopic (exact) mass is 360 g/mol. The molecule has 0 bridgehead atoms. The Hall–Kier alpha value is -3.64. The van der Waals surface area contributed by atoms with Crippen molar-refractivity contribution in [2.45, 2.75) is 0 Å². The summed E-state index contributed by atoms with van der Waals surface area (Å²) in [6.45, 7) is 7.47. The first kappa shape index (κ1) is 19.1. The van der Waals surface area contributed by atoms with E-state index in [1.807, 2.05) is 24.3 Å². The minimum atomic E-state index is 1.16. The molecular formula is C28H24. The van der Waals surface area contributed by atoms with Gasteiger partial charge in [-0.3, -0.25) is 0 Å². The summed E-state index contributed by atoms with van der Waals surface area (Å²) in [4.78, 5) is 0. The Morgan fingerprint density at radius 2 is 0.643 bits per heavy atom. The van der Waals surface area contributed by atoms with E-state index in [4.69, 9.17) is 0 Å². The van der Waals surface area contributed by atoms with E-state index in [1.54, 1.807) is 0 Å². The molecule has 4 aromatic rings. The van der Waals surface area contributed by atoms with Crippen molar-refractivity contribution >= 4 is 12.2 Å². The molecule has 4 aromatic carbocycles. The molecule has 0 atom stereocenters. The lowest BCUT2D eigenvalue weighted by atomic mass is 10.0. The molecule has 0 unspecified atom stereocenters. The van der Waals surface area contributed by atoms with Gasteiger partial charge in [0.15, 0.2) is 0 Å². The lowest BCUT2D eigenvalue weighted by Crippen LogP contribution is -1.76. The Bertz CT molecular complexity index is 906. The highest BCUT2D eigenvalue weighted by molar-refractivity contribution is 5.66. The van der Waals surface area contributed by atoms with Gasteiger partial charge < -0.3 is 0 Å². The van der Waals surface area contributed by atoms with Crippen LogP contribution in [-0.2, 0) is 0 Å². The van der Waals surface area contributed by atoms with Gasteiger partial charge >= 0.3 is 0 Å². The van der Waals surface area contributed by atoms with Gasteiger partial charge in [0.05, 0.1) is 0 Å². The molecule has 0 aliphatic rings. The van der Waals surface area contributed by atoms with Gasteiger partial charge in [-0.25, -0.2) is 0 Å². The molecule has 0 heterocycles. The summed E-state index contributed by atoms with van der Waals surface area (Å²) in [6, 6.07) is 37.5. The van der Waals surface area contributed by atoms with Gasteiger partial charge in [0, 0.05) is 0 Å². The summed E-state index contributed by atoms with van der Waals surface area (Å²) in [5, 5.41) is 0. The molecule has 0 amide bonds.